The third-order valence-corrected chi connectivity index (χ3v) is 7.90. The molecule has 1 aliphatic rings. The molecular weight excluding hydrogens is 434 g/mol. The molecule has 0 amide bonds. The molecule has 0 aliphatic carbocycles. The highest BCUT2D eigenvalue weighted by atomic mass is 14.8. The quantitative estimate of drug-likeness (QED) is 0.227. The molecule has 0 fully saturated rings. The van der Waals surface area contributed by atoms with Gasteiger partial charge in [0.15, 0.2) is 0 Å². The summed E-state index contributed by atoms with van der Waals surface area (Å²) in [7, 11) is 0. The Balaban J connectivity index is 1.42. The van der Waals surface area contributed by atoms with E-state index in [9.17, 15) is 0 Å². The molecule has 174 valence electrons. The van der Waals surface area contributed by atoms with Gasteiger partial charge in [0, 0.05) is 12.0 Å². The second-order valence-electron chi connectivity index (χ2n) is 11.3. The number of hydrogen-bond donors (Lipinski definition) is 0. The van der Waals surface area contributed by atoms with Gasteiger partial charge in [-0.25, -0.2) is 0 Å². The highest BCUT2D eigenvalue weighted by Gasteiger charge is 2.22. The van der Waals surface area contributed by atoms with Crippen molar-refractivity contribution in [2.75, 3.05) is 0 Å². The van der Waals surface area contributed by atoms with Crippen LogP contribution in [0.25, 0.3) is 43.4 Å². The normalized spacial score (nSPS) is 13.6. The van der Waals surface area contributed by atoms with Crippen molar-refractivity contribution in [2.45, 2.75) is 39.5 Å². The van der Waals surface area contributed by atoms with Crippen molar-refractivity contribution in [3.63, 3.8) is 0 Å². The smallest absolute Gasteiger partial charge is 0.0669 e. The average molecular weight is 464 g/mol. The Morgan fingerprint density at radius 3 is 1.92 bits per heavy atom. The number of nitrogens with zero attached hydrogens (tertiary/aromatic N) is 1. The molecule has 0 unspecified atom stereocenters. The summed E-state index contributed by atoms with van der Waals surface area (Å²) < 4.78 is 0. The van der Waals surface area contributed by atoms with Gasteiger partial charge in [-0.05, 0) is 73.0 Å². The molecule has 7 rings (SSSR count). The number of aryl methyl sites for hydroxylation is 1. The summed E-state index contributed by atoms with van der Waals surface area (Å²) in [5.41, 5.74) is 10.2. The second-order valence-corrected chi connectivity index (χ2v) is 11.3. The molecule has 0 bridgehead atoms. The predicted octanol–water partition coefficient (Wildman–Crippen LogP) is 9.53. The van der Waals surface area contributed by atoms with Gasteiger partial charge in [-0.3, -0.25) is 4.99 Å². The minimum atomic E-state index is 0.139. The van der Waals surface area contributed by atoms with Crippen LogP contribution < -0.4 is 0 Å². The van der Waals surface area contributed by atoms with E-state index in [0.29, 0.717) is 0 Å². The standard InChI is InChI=1S/C35H29N/c1-21-5-7-22(8-6-21)27-14-9-23-12-17-30-28(15-10-24-11-16-29(27)33(23)34(24)30)32-20-25-19-26(35(2,3)4)13-18-31(25)36-32/h5-19H,20H2,1-4H3. The molecule has 6 aromatic carbocycles. The lowest BCUT2D eigenvalue weighted by Crippen LogP contribution is -2.11. The van der Waals surface area contributed by atoms with Crippen LogP contribution in [0.15, 0.2) is 96.0 Å². The van der Waals surface area contributed by atoms with Crippen LogP contribution in [0.2, 0.25) is 0 Å². The van der Waals surface area contributed by atoms with Crippen LogP contribution in [0.3, 0.4) is 0 Å². The molecule has 0 saturated heterocycles. The van der Waals surface area contributed by atoms with Crippen molar-refractivity contribution >= 4 is 43.7 Å². The molecule has 36 heavy (non-hydrogen) atoms. The SMILES string of the molecule is Cc1ccc(-c2ccc3ccc4c(C5=Nc6ccc(C(C)(C)C)cc6C5)ccc5ccc2c3c54)cc1. The number of rotatable bonds is 2. The van der Waals surface area contributed by atoms with Crippen LogP contribution >= 0.6 is 0 Å². The zero-order valence-electron chi connectivity index (χ0n) is 21.3. The lowest BCUT2D eigenvalue weighted by molar-refractivity contribution is 0.590. The van der Waals surface area contributed by atoms with Crippen molar-refractivity contribution in [3.8, 4) is 11.1 Å². The number of hydrogen-bond acceptors (Lipinski definition) is 1. The Labute approximate surface area is 212 Å². The van der Waals surface area contributed by atoms with E-state index >= 15 is 0 Å². The fourth-order valence-electron chi connectivity index (χ4n) is 5.86. The summed E-state index contributed by atoms with van der Waals surface area (Å²) in [6.45, 7) is 8.97. The maximum Gasteiger partial charge on any atom is 0.0669 e. The molecule has 0 atom stereocenters. The molecule has 1 heteroatoms. The Morgan fingerprint density at radius 1 is 0.639 bits per heavy atom. The molecule has 0 radical (unpaired) electrons. The van der Waals surface area contributed by atoms with E-state index in [4.69, 9.17) is 4.99 Å². The summed E-state index contributed by atoms with van der Waals surface area (Å²) in [6.07, 6.45) is 0.887. The largest absolute Gasteiger partial charge is 0.252 e. The van der Waals surface area contributed by atoms with Crippen molar-refractivity contribution in [3.05, 3.63) is 113 Å². The first-order valence-electron chi connectivity index (χ1n) is 12.9. The third-order valence-electron chi connectivity index (χ3n) is 7.90. The highest BCUT2D eigenvalue weighted by molar-refractivity contribution is 6.29. The van der Waals surface area contributed by atoms with Crippen molar-refractivity contribution in [1.82, 2.24) is 0 Å². The lowest BCUT2D eigenvalue weighted by atomic mass is 9.85. The Bertz CT molecular complexity index is 1830. The van der Waals surface area contributed by atoms with E-state index in [1.807, 2.05) is 0 Å². The van der Waals surface area contributed by atoms with Gasteiger partial charge in [-0.2, -0.15) is 0 Å². The first kappa shape index (κ1) is 21.3. The van der Waals surface area contributed by atoms with Crippen molar-refractivity contribution < 1.29 is 0 Å². The van der Waals surface area contributed by atoms with E-state index in [2.05, 4.69) is 119 Å². The fraction of sp³-hybridized carbons (Fsp3) is 0.171. The monoisotopic (exact) mass is 463 g/mol. The highest BCUT2D eigenvalue weighted by Crippen LogP contribution is 2.41. The number of fused-ring (bicyclic) bond motifs is 1. The van der Waals surface area contributed by atoms with E-state index in [1.54, 1.807) is 0 Å². The van der Waals surface area contributed by atoms with E-state index < -0.39 is 0 Å². The maximum absolute atomic E-state index is 5.12. The molecule has 1 nitrogen and oxygen atoms in total. The Hall–Kier alpha value is -3.97. The molecule has 0 saturated carbocycles. The van der Waals surface area contributed by atoms with Crippen LogP contribution in [0.5, 0.6) is 0 Å². The summed E-state index contributed by atoms with van der Waals surface area (Å²) in [5, 5.41) is 7.91. The van der Waals surface area contributed by atoms with E-state index in [-0.39, 0.29) is 5.41 Å². The van der Waals surface area contributed by atoms with E-state index in [1.165, 1.54) is 71.4 Å². The van der Waals surface area contributed by atoms with Gasteiger partial charge < -0.3 is 0 Å². The minimum absolute atomic E-state index is 0.139. The molecule has 0 spiro atoms. The number of benzene rings is 6. The third kappa shape index (κ3) is 3.19. The van der Waals surface area contributed by atoms with E-state index in [0.717, 1.165) is 12.1 Å². The average Bonchev–Trinajstić information content (AvgIpc) is 3.30. The predicted molar refractivity (Wildman–Crippen MR) is 155 cm³/mol. The topological polar surface area (TPSA) is 12.4 Å². The fourth-order valence-corrected chi connectivity index (χ4v) is 5.86. The second kappa shape index (κ2) is 7.51. The lowest BCUT2D eigenvalue weighted by Gasteiger charge is -2.19. The zero-order chi connectivity index (χ0) is 24.6. The molecule has 1 heterocycles. The van der Waals surface area contributed by atoms with Gasteiger partial charge >= 0.3 is 0 Å². The van der Waals surface area contributed by atoms with Gasteiger partial charge in [0.05, 0.1) is 11.4 Å². The minimum Gasteiger partial charge on any atom is -0.252 e. The molecule has 0 aromatic heterocycles. The summed E-state index contributed by atoms with van der Waals surface area (Å²) in [6, 6.07) is 34.0. The summed E-state index contributed by atoms with van der Waals surface area (Å²) in [4.78, 5) is 5.12. The zero-order valence-corrected chi connectivity index (χ0v) is 21.3. The van der Waals surface area contributed by atoms with Crippen LogP contribution in [-0.2, 0) is 11.8 Å². The van der Waals surface area contributed by atoms with Crippen LogP contribution in [0.4, 0.5) is 5.69 Å². The first-order chi connectivity index (χ1) is 17.4. The summed E-state index contributed by atoms with van der Waals surface area (Å²) >= 11 is 0. The molecular formula is C35H29N. The Morgan fingerprint density at radius 2 is 1.25 bits per heavy atom. The van der Waals surface area contributed by atoms with Crippen molar-refractivity contribution in [2.24, 2.45) is 4.99 Å². The Kier molecular flexibility index (Phi) is 4.45. The van der Waals surface area contributed by atoms with Gasteiger partial charge in [0.25, 0.3) is 0 Å². The van der Waals surface area contributed by atoms with Crippen molar-refractivity contribution in [1.29, 1.82) is 0 Å². The number of aliphatic imine (C=N–C) groups is 1. The first-order valence-corrected chi connectivity index (χ1v) is 12.9. The van der Waals surface area contributed by atoms with Gasteiger partial charge in [-0.1, -0.05) is 111 Å². The molecule has 1 aliphatic heterocycles. The maximum atomic E-state index is 5.12. The van der Waals surface area contributed by atoms with Crippen LogP contribution in [0, 0.1) is 6.92 Å². The van der Waals surface area contributed by atoms with Crippen LogP contribution in [0.1, 0.15) is 43.0 Å². The van der Waals surface area contributed by atoms with Crippen LogP contribution in [-0.4, -0.2) is 5.71 Å². The van der Waals surface area contributed by atoms with Gasteiger partial charge in [0.2, 0.25) is 0 Å². The molecule has 0 N–H and O–H groups in total. The van der Waals surface area contributed by atoms with Gasteiger partial charge in [0.1, 0.15) is 0 Å². The molecule has 6 aromatic rings. The van der Waals surface area contributed by atoms with Gasteiger partial charge in [-0.15, -0.1) is 0 Å². The summed E-state index contributed by atoms with van der Waals surface area (Å²) in [5.74, 6) is 0.